The van der Waals surface area contributed by atoms with Crippen LogP contribution in [-0.2, 0) is 18.4 Å². The van der Waals surface area contributed by atoms with Crippen LogP contribution in [0.15, 0.2) is 24.3 Å². The molecule has 0 fully saturated rings. The van der Waals surface area contributed by atoms with Crippen LogP contribution in [0.5, 0.6) is 0 Å². The van der Waals surface area contributed by atoms with Gasteiger partial charge in [0.15, 0.2) is 0 Å². The normalized spacial score (nSPS) is 11.8. The van der Waals surface area contributed by atoms with Crippen molar-refractivity contribution in [2.45, 2.75) is 46.1 Å². The molecule has 2 nitrogen and oxygen atoms in total. The van der Waals surface area contributed by atoms with Crippen molar-refractivity contribution in [1.82, 2.24) is 4.98 Å². The maximum Gasteiger partial charge on any atom is 0.0975 e. The fourth-order valence-corrected chi connectivity index (χ4v) is 3.35. The zero-order chi connectivity index (χ0) is 14.0. The predicted molar refractivity (Wildman–Crippen MR) is 82.7 cm³/mol. The second-order valence-corrected chi connectivity index (χ2v) is 7.10. The van der Waals surface area contributed by atoms with E-state index >= 15 is 0 Å². The number of aryl methyl sites for hydroxylation is 1. The minimum atomic E-state index is 0.0647. The van der Waals surface area contributed by atoms with Crippen LogP contribution >= 0.6 is 11.3 Å². The second-order valence-electron chi connectivity index (χ2n) is 5.94. The lowest BCUT2D eigenvalue weighted by molar-refractivity contribution is 0.564. The van der Waals surface area contributed by atoms with Gasteiger partial charge >= 0.3 is 0 Å². The van der Waals surface area contributed by atoms with Crippen LogP contribution < -0.4 is 5.73 Å². The molecule has 0 aliphatic rings. The molecule has 2 aromatic rings. The first-order chi connectivity index (χ1) is 8.91. The average Bonchev–Trinajstić information content (AvgIpc) is 2.75. The topological polar surface area (TPSA) is 38.9 Å². The summed E-state index contributed by atoms with van der Waals surface area (Å²) in [4.78, 5) is 6.05. The SMILES string of the molecule is Cc1ccccc1Cc1nc(C(C)(C)C)c(CN)s1. The Morgan fingerprint density at radius 1 is 1.21 bits per heavy atom. The minimum Gasteiger partial charge on any atom is -0.326 e. The van der Waals surface area contributed by atoms with E-state index in [-0.39, 0.29) is 5.41 Å². The van der Waals surface area contributed by atoms with Gasteiger partial charge in [0.2, 0.25) is 0 Å². The molecular weight excluding hydrogens is 252 g/mol. The summed E-state index contributed by atoms with van der Waals surface area (Å²) in [5.74, 6) is 0. The van der Waals surface area contributed by atoms with E-state index in [4.69, 9.17) is 10.7 Å². The van der Waals surface area contributed by atoms with Gasteiger partial charge in [-0.1, -0.05) is 45.0 Å². The van der Waals surface area contributed by atoms with Crippen molar-refractivity contribution in [2.75, 3.05) is 0 Å². The zero-order valence-corrected chi connectivity index (χ0v) is 13.0. The van der Waals surface area contributed by atoms with Crippen molar-refractivity contribution in [3.63, 3.8) is 0 Å². The number of nitrogens with zero attached hydrogens (tertiary/aromatic N) is 1. The third kappa shape index (κ3) is 3.23. The number of benzene rings is 1. The smallest absolute Gasteiger partial charge is 0.0975 e. The van der Waals surface area contributed by atoms with E-state index in [0.29, 0.717) is 6.54 Å². The van der Waals surface area contributed by atoms with Gasteiger partial charge in [0.25, 0.3) is 0 Å². The minimum absolute atomic E-state index is 0.0647. The van der Waals surface area contributed by atoms with Gasteiger partial charge in [0.05, 0.1) is 10.7 Å². The van der Waals surface area contributed by atoms with Crippen LogP contribution in [0.2, 0.25) is 0 Å². The van der Waals surface area contributed by atoms with Gasteiger partial charge in [0.1, 0.15) is 0 Å². The highest BCUT2D eigenvalue weighted by Gasteiger charge is 2.22. The van der Waals surface area contributed by atoms with Crippen LogP contribution in [0.4, 0.5) is 0 Å². The van der Waals surface area contributed by atoms with Crippen molar-refractivity contribution >= 4 is 11.3 Å². The molecule has 2 rings (SSSR count). The molecule has 0 aliphatic heterocycles. The Hall–Kier alpha value is -1.19. The van der Waals surface area contributed by atoms with Crippen LogP contribution in [0.1, 0.15) is 47.5 Å². The van der Waals surface area contributed by atoms with Gasteiger partial charge in [-0.25, -0.2) is 4.98 Å². The standard InChI is InChI=1S/C16H22N2S/c1-11-7-5-6-8-12(11)9-14-18-15(16(2,3)4)13(10-17)19-14/h5-8H,9-10,17H2,1-4H3. The highest BCUT2D eigenvalue weighted by atomic mass is 32.1. The molecule has 0 amide bonds. The van der Waals surface area contributed by atoms with Gasteiger partial charge in [-0.3, -0.25) is 0 Å². The molecule has 3 heteroatoms. The van der Waals surface area contributed by atoms with E-state index in [0.717, 1.165) is 12.1 Å². The van der Waals surface area contributed by atoms with E-state index in [9.17, 15) is 0 Å². The Balaban J connectivity index is 2.32. The third-order valence-corrected chi connectivity index (χ3v) is 4.32. The van der Waals surface area contributed by atoms with Crippen molar-refractivity contribution in [1.29, 1.82) is 0 Å². The zero-order valence-electron chi connectivity index (χ0n) is 12.2. The van der Waals surface area contributed by atoms with Gasteiger partial charge < -0.3 is 5.73 Å². The Kier molecular flexibility index (Phi) is 4.07. The van der Waals surface area contributed by atoms with Gasteiger partial charge in [-0.15, -0.1) is 11.3 Å². The fourth-order valence-electron chi connectivity index (χ4n) is 2.17. The van der Waals surface area contributed by atoms with Crippen molar-refractivity contribution in [2.24, 2.45) is 5.73 Å². The summed E-state index contributed by atoms with van der Waals surface area (Å²) in [6.45, 7) is 9.31. The Labute approximate surface area is 119 Å². The Morgan fingerprint density at radius 2 is 1.89 bits per heavy atom. The summed E-state index contributed by atoms with van der Waals surface area (Å²) in [7, 11) is 0. The molecule has 1 heterocycles. The number of rotatable bonds is 3. The number of nitrogens with two attached hydrogens (primary N) is 1. The molecule has 0 radical (unpaired) electrons. The molecule has 2 N–H and O–H groups in total. The molecule has 0 bridgehead atoms. The third-order valence-electron chi connectivity index (χ3n) is 3.24. The lowest BCUT2D eigenvalue weighted by Crippen LogP contribution is -2.15. The molecular formula is C16H22N2S. The maximum atomic E-state index is 5.85. The highest BCUT2D eigenvalue weighted by molar-refractivity contribution is 7.11. The summed E-state index contributed by atoms with van der Waals surface area (Å²) in [6.07, 6.45) is 0.903. The van der Waals surface area contributed by atoms with E-state index in [2.05, 4.69) is 52.0 Å². The highest BCUT2D eigenvalue weighted by Crippen LogP contribution is 2.30. The number of thiazole rings is 1. The summed E-state index contributed by atoms with van der Waals surface area (Å²) in [5.41, 5.74) is 9.75. The molecule has 1 aromatic carbocycles. The molecule has 19 heavy (non-hydrogen) atoms. The quantitative estimate of drug-likeness (QED) is 0.924. The van der Waals surface area contributed by atoms with E-state index in [1.165, 1.54) is 21.0 Å². The molecule has 0 atom stereocenters. The lowest BCUT2D eigenvalue weighted by atomic mass is 9.91. The summed E-state index contributed by atoms with van der Waals surface area (Å²) in [6, 6.07) is 8.49. The van der Waals surface area contributed by atoms with Crippen LogP contribution in [0.3, 0.4) is 0 Å². The molecule has 0 aliphatic carbocycles. The first-order valence-electron chi connectivity index (χ1n) is 6.65. The van der Waals surface area contributed by atoms with E-state index in [1.54, 1.807) is 11.3 Å². The maximum absolute atomic E-state index is 5.85. The summed E-state index contributed by atoms with van der Waals surface area (Å²) < 4.78 is 0. The van der Waals surface area contributed by atoms with Crippen molar-refractivity contribution in [3.05, 3.63) is 51.0 Å². The summed E-state index contributed by atoms with van der Waals surface area (Å²) >= 11 is 1.75. The molecule has 0 saturated heterocycles. The van der Waals surface area contributed by atoms with Gasteiger partial charge in [-0.2, -0.15) is 0 Å². The van der Waals surface area contributed by atoms with Gasteiger partial charge in [0, 0.05) is 23.3 Å². The number of aromatic nitrogens is 1. The fraction of sp³-hybridized carbons (Fsp3) is 0.438. The molecule has 1 aromatic heterocycles. The number of hydrogen-bond acceptors (Lipinski definition) is 3. The summed E-state index contributed by atoms with van der Waals surface area (Å²) in [5, 5.41) is 1.17. The molecule has 0 spiro atoms. The average molecular weight is 274 g/mol. The predicted octanol–water partition coefficient (Wildman–Crippen LogP) is 3.80. The first kappa shape index (κ1) is 14.2. The van der Waals surface area contributed by atoms with Crippen LogP contribution in [0, 0.1) is 6.92 Å². The van der Waals surface area contributed by atoms with Gasteiger partial charge in [-0.05, 0) is 18.1 Å². The molecule has 102 valence electrons. The Morgan fingerprint density at radius 3 is 2.42 bits per heavy atom. The van der Waals surface area contributed by atoms with Crippen molar-refractivity contribution in [3.8, 4) is 0 Å². The van der Waals surface area contributed by atoms with E-state index < -0.39 is 0 Å². The lowest BCUT2D eigenvalue weighted by Gasteiger charge is -2.16. The Bertz CT molecular complexity index is 564. The first-order valence-corrected chi connectivity index (χ1v) is 7.47. The van der Waals surface area contributed by atoms with Crippen LogP contribution in [0.25, 0.3) is 0 Å². The molecule has 0 saturated carbocycles. The molecule has 0 unspecified atom stereocenters. The van der Waals surface area contributed by atoms with E-state index in [1.807, 2.05) is 0 Å². The van der Waals surface area contributed by atoms with Crippen molar-refractivity contribution < 1.29 is 0 Å². The number of hydrogen-bond donors (Lipinski definition) is 1. The monoisotopic (exact) mass is 274 g/mol. The van der Waals surface area contributed by atoms with Crippen LogP contribution in [-0.4, -0.2) is 4.98 Å². The largest absolute Gasteiger partial charge is 0.326 e. The second kappa shape index (κ2) is 5.43.